The third kappa shape index (κ3) is 4.51. The summed E-state index contributed by atoms with van der Waals surface area (Å²) >= 11 is 1.26. The lowest BCUT2D eigenvalue weighted by Crippen LogP contribution is -2.43. The van der Waals surface area contributed by atoms with E-state index in [0.29, 0.717) is 10.1 Å². The van der Waals surface area contributed by atoms with Gasteiger partial charge in [0.25, 0.3) is 0 Å². The Bertz CT molecular complexity index is 712. The zero-order valence-electron chi connectivity index (χ0n) is 14.0. The Hall–Kier alpha value is -2.48. The van der Waals surface area contributed by atoms with Crippen LogP contribution >= 0.6 is 11.3 Å². The number of hydrogen-bond donors (Lipinski definition) is 2. The molecule has 2 aromatic rings. The van der Waals surface area contributed by atoms with Crippen molar-refractivity contribution in [3.05, 3.63) is 24.3 Å². The van der Waals surface area contributed by atoms with Gasteiger partial charge in [-0.3, -0.25) is 14.9 Å². The number of methoxy groups -OCH3 is 1. The van der Waals surface area contributed by atoms with Crippen LogP contribution in [0.4, 0.5) is 5.13 Å². The molecule has 0 radical (unpaired) electrons. The second kappa shape index (κ2) is 7.87. The monoisotopic (exact) mass is 348 g/mol. The maximum absolute atomic E-state index is 12.1. The number of carbonyl (C=O) groups is 2. The minimum Gasteiger partial charge on any atom is -0.497 e. The predicted molar refractivity (Wildman–Crippen MR) is 93.0 cm³/mol. The van der Waals surface area contributed by atoms with Crippen molar-refractivity contribution >= 4 is 28.3 Å². The van der Waals surface area contributed by atoms with Gasteiger partial charge in [-0.25, -0.2) is 0 Å². The summed E-state index contributed by atoms with van der Waals surface area (Å²) in [5.74, 6) is 0.0743. The van der Waals surface area contributed by atoms with Gasteiger partial charge in [0.1, 0.15) is 16.8 Å². The number of carbonyl (C=O) groups excluding carboxylic acids is 2. The summed E-state index contributed by atoms with van der Waals surface area (Å²) in [6.45, 7) is 5.17. The van der Waals surface area contributed by atoms with Gasteiger partial charge >= 0.3 is 0 Å². The summed E-state index contributed by atoms with van der Waals surface area (Å²) in [5.41, 5.74) is 0.884. The van der Waals surface area contributed by atoms with Crippen LogP contribution in [0.2, 0.25) is 0 Å². The van der Waals surface area contributed by atoms with Crippen molar-refractivity contribution in [2.24, 2.45) is 5.92 Å². The number of anilines is 1. The van der Waals surface area contributed by atoms with E-state index in [0.717, 1.165) is 11.3 Å². The van der Waals surface area contributed by atoms with Crippen molar-refractivity contribution < 1.29 is 14.3 Å². The van der Waals surface area contributed by atoms with Crippen LogP contribution in [0.3, 0.4) is 0 Å². The van der Waals surface area contributed by atoms with Gasteiger partial charge in [0.05, 0.1) is 7.11 Å². The quantitative estimate of drug-likeness (QED) is 0.835. The first-order valence-electron chi connectivity index (χ1n) is 7.50. The molecule has 2 N–H and O–H groups in total. The van der Waals surface area contributed by atoms with E-state index < -0.39 is 6.04 Å². The van der Waals surface area contributed by atoms with Crippen LogP contribution in [0.5, 0.6) is 5.75 Å². The second-order valence-electron chi connectivity index (χ2n) is 5.52. The molecular weight excluding hydrogens is 328 g/mol. The largest absolute Gasteiger partial charge is 0.497 e. The molecule has 0 spiro atoms. The fourth-order valence-corrected chi connectivity index (χ4v) is 2.54. The normalized spacial score (nSPS) is 11.9. The molecule has 8 heteroatoms. The topological polar surface area (TPSA) is 93.2 Å². The molecule has 2 amide bonds. The van der Waals surface area contributed by atoms with Crippen LogP contribution in [0.15, 0.2) is 24.3 Å². The summed E-state index contributed by atoms with van der Waals surface area (Å²) in [6.07, 6.45) is 0. The van der Waals surface area contributed by atoms with Crippen LogP contribution < -0.4 is 15.4 Å². The molecule has 0 aliphatic rings. The van der Waals surface area contributed by atoms with Crippen LogP contribution in [0.1, 0.15) is 20.8 Å². The molecule has 0 unspecified atom stereocenters. The molecule has 0 saturated heterocycles. The average molecular weight is 348 g/mol. The van der Waals surface area contributed by atoms with Gasteiger partial charge in [-0.15, -0.1) is 10.2 Å². The molecule has 2 rings (SSSR count). The third-order valence-corrected chi connectivity index (χ3v) is 4.16. The molecule has 7 nitrogen and oxygen atoms in total. The molecule has 1 aromatic carbocycles. The smallest absolute Gasteiger partial charge is 0.248 e. The lowest BCUT2D eigenvalue weighted by atomic mass is 10.2. The van der Waals surface area contributed by atoms with E-state index in [9.17, 15) is 9.59 Å². The summed E-state index contributed by atoms with van der Waals surface area (Å²) in [7, 11) is 1.60. The van der Waals surface area contributed by atoms with Gasteiger partial charge in [-0.05, 0) is 31.2 Å². The standard InChI is InChI=1S/C16H20N4O3S/c1-9(2)13(21)17-10(3)14(22)18-16-20-19-15(24-16)11-5-7-12(23-4)8-6-11/h5-10H,1-4H3,(H,17,21)(H,18,20,22)/t10-/m1/s1. The minimum absolute atomic E-state index is 0.172. The molecule has 0 aliphatic carbocycles. The van der Waals surface area contributed by atoms with Crippen molar-refractivity contribution in [1.82, 2.24) is 15.5 Å². The Morgan fingerprint density at radius 3 is 2.33 bits per heavy atom. The zero-order valence-corrected chi connectivity index (χ0v) is 14.8. The first-order valence-corrected chi connectivity index (χ1v) is 8.31. The van der Waals surface area contributed by atoms with E-state index >= 15 is 0 Å². The van der Waals surface area contributed by atoms with Crippen molar-refractivity contribution in [2.45, 2.75) is 26.8 Å². The maximum atomic E-state index is 12.1. The van der Waals surface area contributed by atoms with Gasteiger partial charge in [0.15, 0.2) is 0 Å². The van der Waals surface area contributed by atoms with E-state index in [2.05, 4.69) is 20.8 Å². The summed E-state index contributed by atoms with van der Waals surface area (Å²) in [4.78, 5) is 23.7. The highest BCUT2D eigenvalue weighted by Gasteiger charge is 2.19. The summed E-state index contributed by atoms with van der Waals surface area (Å²) in [6, 6.07) is 6.76. The van der Waals surface area contributed by atoms with E-state index in [-0.39, 0.29) is 17.7 Å². The predicted octanol–water partition coefficient (Wildman–Crippen LogP) is 2.31. The van der Waals surface area contributed by atoms with Gasteiger partial charge in [-0.2, -0.15) is 0 Å². The Kier molecular flexibility index (Phi) is 5.86. The molecule has 1 aromatic heterocycles. The number of benzene rings is 1. The van der Waals surface area contributed by atoms with Crippen LogP contribution in [-0.2, 0) is 9.59 Å². The first kappa shape index (κ1) is 17.9. The zero-order chi connectivity index (χ0) is 17.7. The van der Waals surface area contributed by atoms with Crippen LogP contribution in [-0.4, -0.2) is 35.2 Å². The molecule has 24 heavy (non-hydrogen) atoms. The Morgan fingerprint density at radius 1 is 1.08 bits per heavy atom. The molecule has 1 heterocycles. The van der Waals surface area contributed by atoms with Gasteiger partial charge < -0.3 is 10.1 Å². The molecule has 0 aliphatic heterocycles. The van der Waals surface area contributed by atoms with Crippen LogP contribution in [0.25, 0.3) is 10.6 Å². The highest BCUT2D eigenvalue weighted by Crippen LogP contribution is 2.27. The van der Waals surface area contributed by atoms with Crippen molar-refractivity contribution in [2.75, 3.05) is 12.4 Å². The molecule has 128 valence electrons. The minimum atomic E-state index is -0.645. The first-order chi connectivity index (χ1) is 11.4. The fraction of sp³-hybridized carbons (Fsp3) is 0.375. The van der Waals surface area contributed by atoms with Crippen LogP contribution in [0, 0.1) is 5.92 Å². The third-order valence-electron chi connectivity index (χ3n) is 3.27. The molecule has 1 atom stereocenters. The molecule has 0 fully saturated rings. The molecule has 0 saturated carbocycles. The number of rotatable bonds is 6. The van der Waals surface area contributed by atoms with E-state index in [4.69, 9.17) is 4.74 Å². The van der Waals surface area contributed by atoms with Crippen molar-refractivity contribution in [3.8, 4) is 16.3 Å². The number of ether oxygens (including phenoxy) is 1. The Morgan fingerprint density at radius 2 is 1.75 bits per heavy atom. The molecular formula is C16H20N4O3S. The van der Waals surface area contributed by atoms with E-state index in [1.807, 2.05) is 24.3 Å². The lowest BCUT2D eigenvalue weighted by molar-refractivity contribution is -0.128. The summed E-state index contributed by atoms with van der Waals surface area (Å²) in [5, 5.41) is 14.4. The van der Waals surface area contributed by atoms with E-state index in [1.165, 1.54) is 11.3 Å². The van der Waals surface area contributed by atoms with Crippen molar-refractivity contribution in [3.63, 3.8) is 0 Å². The second-order valence-corrected chi connectivity index (χ2v) is 6.49. The highest BCUT2D eigenvalue weighted by molar-refractivity contribution is 7.18. The number of nitrogens with zero attached hydrogens (tertiary/aromatic N) is 2. The van der Waals surface area contributed by atoms with Gasteiger partial charge in [0, 0.05) is 11.5 Å². The van der Waals surface area contributed by atoms with Crippen molar-refractivity contribution in [1.29, 1.82) is 0 Å². The highest BCUT2D eigenvalue weighted by atomic mass is 32.1. The number of hydrogen-bond acceptors (Lipinski definition) is 6. The van der Waals surface area contributed by atoms with Gasteiger partial charge in [-0.1, -0.05) is 25.2 Å². The number of aromatic nitrogens is 2. The van der Waals surface area contributed by atoms with E-state index in [1.54, 1.807) is 27.9 Å². The SMILES string of the molecule is COc1ccc(-c2nnc(NC(=O)[C@@H](C)NC(=O)C(C)C)s2)cc1. The Balaban J connectivity index is 2.00. The average Bonchev–Trinajstić information content (AvgIpc) is 3.03. The number of nitrogens with one attached hydrogen (secondary N) is 2. The lowest BCUT2D eigenvalue weighted by Gasteiger charge is -2.14. The maximum Gasteiger partial charge on any atom is 0.248 e. The number of amides is 2. The Labute approximate surface area is 144 Å². The fourth-order valence-electron chi connectivity index (χ4n) is 1.78. The van der Waals surface area contributed by atoms with Gasteiger partial charge in [0.2, 0.25) is 16.9 Å². The molecule has 0 bridgehead atoms. The summed E-state index contributed by atoms with van der Waals surface area (Å²) < 4.78 is 5.11.